The van der Waals surface area contributed by atoms with E-state index in [-0.39, 0.29) is 11.1 Å². The molecule has 0 aliphatic heterocycles. The molecule has 0 unspecified atom stereocenters. The van der Waals surface area contributed by atoms with Crippen LogP contribution in [0.1, 0.15) is 31.7 Å². The average Bonchev–Trinajstić information content (AvgIpc) is 3.13. The molecule has 1 aromatic carbocycles. The number of nitrogens with two attached hydrogens (primary N) is 1. The number of furan rings is 2. The summed E-state index contributed by atoms with van der Waals surface area (Å²) >= 11 is 0. The number of carboxylic acids is 1. The number of primary amides is 1. The van der Waals surface area contributed by atoms with E-state index in [0.717, 1.165) is 18.2 Å². The SMILES string of the molecule is NC(=O)c1oc2c(F)cc(F)cc2c1NC(=O)c1ccc(C(=O)O)o1. The van der Waals surface area contributed by atoms with E-state index < -0.39 is 52.3 Å². The average molecular weight is 350 g/mol. The highest BCUT2D eigenvalue weighted by molar-refractivity contribution is 6.13. The molecule has 2 heterocycles. The second-order valence-electron chi connectivity index (χ2n) is 4.86. The van der Waals surface area contributed by atoms with Crippen LogP contribution in [0.15, 0.2) is 33.1 Å². The van der Waals surface area contributed by atoms with Crippen LogP contribution in [0.4, 0.5) is 14.5 Å². The Morgan fingerprint density at radius 2 is 1.76 bits per heavy atom. The molecule has 4 N–H and O–H groups in total. The topological polar surface area (TPSA) is 136 Å². The quantitative estimate of drug-likeness (QED) is 0.661. The number of halogens is 2. The van der Waals surface area contributed by atoms with Crippen molar-refractivity contribution in [1.82, 2.24) is 0 Å². The zero-order valence-corrected chi connectivity index (χ0v) is 12.1. The fourth-order valence-electron chi connectivity index (χ4n) is 2.17. The summed E-state index contributed by atoms with van der Waals surface area (Å²) in [6, 6.07) is 3.49. The lowest BCUT2D eigenvalue weighted by atomic mass is 10.2. The number of aromatic carboxylic acids is 1. The van der Waals surface area contributed by atoms with Crippen molar-refractivity contribution in [3.8, 4) is 0 Å². The number of rotatable bonds is 4. The highest BCUT2D eigenvalue weighted by atomic mass is 19.1. The number of carboxylic acid groups (broad SMARTS) is 1. The van der Waals surface area contributed by atoms with E-state index >= 15 is 0 Å². The van der Waals surface area contributed by atoms with Crippen LogP contribution in [0.2, 0.25) is 0 Å². The summed E-state index contributed by atoms with van der Waals surface area (Å²) in [6.07, 6.45) is 0. The van der Waals surface area contributed by atoms with Crippen LogP contribution in [0.3, 0.4) is 0 Å². The number of hydrogen-bond donors (Lipinski definition) is 3. The van der Waals surface area contributed by atoms with Crippen LogP contribution >= 0.6 is 0 Å². The Hall–Kier alpha value is -3.69. The van der Waals surface area contributed by atoms with Gasteiger partial charge in [-0.1, -0.05) is 0 Å². The monoisotopic (exact) mass is 350 g/mol. The lowest BCUT2D eigenvalue weighted by Crippen LogP contribution is -2.16. The van der Waals surface area contributed by atoms with Crippen LogP contribution in [0.25, 0.3) is 11.0 Å². The molecule has 128 valence electrons. The number of hydrogen-bond acceptors (Lipinski definition) is 5. The lowest BCUT2D eigenvalue weighted by molar-refractivity contribution is 0.0660. The molecule has 0 saturated carbocycles. The number of carbonyl (C=O) groups is 3. The summed E-state index contributed by atoms with van der Waals surface area (Å²) in [5, 5.41) is 10.7. The van der Waals surface area contributed by atoms with Gasteiger partial charge in [-0.05, 0) is 18.2 Å². The molecule has 0 fully saturated rings. The minimum absolute atomic E-state index is 0.232. The fraction of sp³-hybridized carbons (Fsp3) is 0. The van der Waals surface area contributed by atoms with Gasteiger partial charge in [-0.15, -0.1) is 0 Å². The minimum Gasteiger partial charge on any atom is -0.475 e. The number of nitrogens with one attached hydrogen (secondary N) is 1. The van der Waals surface area contributed by atoms with Crippen LogP contribution < -0.4 is 11.1 Å². The zero-order valence-electron chi connectivity index (χ0n) is 12.1. The van der Waals surface area contributed by atoms with Gasteiger partial charge in [0.1, 0.15) is 11.5 Å². The Morgan fingerprint density at radius 3 is 2.36 bits per heavy atom. The molecule has 2 amide bonds. The Bertz CT molecular complexity index is 1040. The minimum atomic E-state index is -1.39. The smallest absolute Gasteiger partial charge is 0.371 e. The molecule has 25 heavy (non-hydrogen) atoms. The molecule has 0 spiro atoms. The largest absolute Gasteiger partial charge is 0.475 e. The summed E-state index contributed by atoms with van der Waals surface area (Å²) in [4.78, 5) is 34.4. The third kappa shape index (κ3) is 2.80. The van der Waals surface area contributed by atoms with Crippen molar-refractivity contribution in [2.45, 2.75) is 0 Å². The van der Waals surface area contributed by atoms with Gasteiger partial charge in [-0.3, -0.25) is 9.59 Å². The van der Waals surface area contributed by atoms with Crippen molar-refractivity contribution in [2.75, 3.05) is 5.32 Å². The number of benzene rings is 1. The van der Waals surface area contributed by atoms with Gasteiger partial charge in [0.25, 0.3) is 11.8 Å². The number of fused-ring (bicyclic) bond motifs is 1. The van der Waals surface area contributed by atoms with Crippen molar-refractivity contribution in [2.24, 2.45) is 5.73 Å². The molecular weight excluding hydrogens is 342 g/mol. The Morgan fingerprint density at radius 1 is 1.08 bits per heavy atom. The zero-order chi connectivity index (χ0) is 18.3. The molecule has 0 bridgehead atoms. The van der Waals surface area contributed by atoms with Crippen molar-refractivity contribution in [3.05, 3.63) is 53.2 Å². The molecule has 0 radical (unpaired) electrons. The van der Waals surface area contributed by atoms with Crippen LogP contribution in [0.5, 0.6) is 0 Å². The van der Waals surface area contributed by atoms with Gasteiger partial charge in [-0.25, -0.2) is 13.6 Å². The summed E-state index contributed by atoms with van der Waals surface area (Å²) in [6.45, 7) is 0. The molecule has 3 aromatic rings. The lowest BCUT2D eigenvalue weighted by Gasteiger charge is -2.02. The normalized spacial score (nSPS) is 10.8. The summed E-state index contributed by atoms with van der Waals surface area (Å²) in [5.74, 6) is -7.05. The Kier molecular flexibility index (Phi) is 3.72. The standard InChI is InChI=1S/C15H8F2N2O6/c16-5-3-6-10(12(13(18)20)25-11(6)7(17)4-5)19-14(21)8-1-2-9(24-8)15(22)23/h1-4H,(H2,18,20)(H,19,21)(H,22,23). The third-order valence-electron chi connectivity index (χ3n) is 3.21. The first kappa shape index (κ1) is 16.2. The van der Waals surface area contributed by atoms with Crippen molar-refractivity contribution in [1.29, 1.82) is 0 Å². The van der Waals surface area contributed by atoms with Crippen LogP contribution in [0, 0.1) is 11.6 Å². The van der Waals surface area contributed by atoms with E-state index in [1.807, 2.05) is 0 Å². The second-order valence-corrected chi connectivity index (χ2v) is 4.86. The molecule has 3 rings (SSSR count). The van der Waals surface area contributed by atoms with Crippen LogP contribution in [-0.2, 0) is 0 Å². The first-order chi connectivity index (χ1) is 11.8. The van der Waals surface area contributed by atoms with E-state index in [1.54, 1.807) is 0 Å². The van der Waals surface area contributed by atoms with Gasteiger partial charge in [-0.2, -0.15) is 0 Å². The van der Waals surface area contributed by atoms with E-state index in [2.05, 4.69) is 5.32 Å². The third-order valence-corrected chi connectivity index (χ3v) is 3.21. The highest BCUT2D eigenvalue weighted by Gasteiger charge is 2.25. The first-order valence-corrected chi connectivity index (χ1v) is 6.63. The van der Waals surface area contributed by atoms with Gasteiger partial charge in [0, 0.05) is 6.07 Å². The van der Waals surface area contributed by atoms with Gasteiger partial charge >= 0.3 is 5.97 Å². The van der Waals surface area contributed by atoms with E-state index in [0.29, 0.717) is 6.07 Å². The van der Waals surface area contributed by atoms with Crippen LogP contribution in [-0.4, -0.2) is 22.9 Å². The number of anilines is 1. The number of carbonyl (C=O) groups excluding carboxylic acids is 2. The van der Waals surface area contributed by atoms with Gasteiger partial charge < -0.3 is 25.0 Å². The molecule has 2 aromatic heterocycles. The van der Waals surface area contributed by atoms with Gasteiger partial charge in [0.2, 0.25) is 11.5 Å². The molecule has 0 saturated heterocycles. The summed E-state index contributed by atoms with van der Waals surface area (Å²) < 4.78 is 37.0. The predicted octanol–water partition coefficient (Wildman–Crippen LogP) is 2.35. The molecule has 0 aliphatic rings. The number of amides is 2. The Balaban J connectivity index is 2.07. The maximum absolute atomic E-state index is 13.8. The van der Waals surface area contributed by atoms with E-state index in [1.165, 1.54) is 0 Å². The van der Waals surface area contributed by atoms with Crippen molar-refractivity contribution < 1.29 is 37.1 Å². The predicted molar refractivity (Wildman–Crippen MR) is 78.3 cm³/mol. The summed E-state index contributed by atoms with van der Waals surface area (Å²) in [5.41, 5.74) is 4.29. The van der Waals surface area contributed by atoms with Gasteiger partial charge in [0.05, 0.1) is 5.39 Å². The molecule has 0 atom stereocenters. The molecule has 8 nitrogen and oxygen atoms in total. The van der Waals surface area contributed by atoms with E-state index in [9.17, 15) is 23.2 Å². The molecule has 0 aliphatic carbocycles. The van der Waals surface area contributed by atoms with Crippen molar-refractivity contribution in [3.63, 3.8) is 0 Å². The second kappa shape index (κ2) is 5.74. The maximum atomic E-state index is 13.8. The fourth-order valence-corrected chi connectivity index (χ4v) is 2.17. The maximum Gasteiger partial charge on any atom is 0.371 e. The summed E-state index contributed by atoms with van der Waals surface area (Å²) in [7, 11) is 0. The van der Waals surface area contributed by atoms with Gasteiger partial charge in [0.15, 0.2) is 17.2 Å². The molecule has 10 heteroatoms. The Labute approximate surface area is 136 Å². The van der Waals surface area contributed by atoms with Crippen molar-refractivity contribution >= 4 is 34.4 Å². The molecular formula is C15H8F2N2O6. The highest BCUT2D eigenvalue weighted by Crippen LogP contribution is 2.33. The first-order valence-electron chi connectivity index (χ1n) is 6.63. The van der Waals surface area contributed by atoms with E-state index in [4.69, 9.17) is 19.7 Å².